The summed E-state index contributed by atoms with van der Waals surface area (Å²) in [4.78, 5) is 13.4. The van der Waals surface area contributed by atoms with Gasteiger partial charge in [0.2, 0.25) is 0 Å². The summed E-state index contributed by atoms with van der Waals surface area (Å²) in [6, 6.07) is 15.6. The van der Waals surface area contributed by atoms with Crippen molar-refractivity contribution in [2.75, 3.05) is 19.0 Å². The molecule has 0 amide bonds. The van der Waals surface area contributed by atoms with Gasteiger partial charge < -0.3 is 10.0 Å². The third-order valence-electron chi connectivity index (χ3n) is 4.02. The minimum Gasteiger partial charge on any atom is -0.507 e. The SMILES string of the molecule is Cc1ccc(N(C)C)cc1.O=C1CCCC1=Cc1ccccc1O. The Bertz CT molecular complexity index is 715. The van der Waals surface area contributed by atoms with Crippen molar-refractivity contribution < 1.29 is 9.90 Å². The molecule has 0 aromatic heterocycles. The number of anilines is 1. The standard InChI is InChI=1S/C12H12O2.C9H13N/c13-11-6-2-1-4-9(11)8-10-5-3-7-12(10)14;1-8-4-6-9(7-5-8)10(2)3/h1-2,4,6,8,13H,3,5,7H2;4-7H,1-3H3. The van der Waals surface area contributed by atoms with Crippen LogP contribution in [0.3, 0.4) is 0 Å². The van der Waals surface area contributed by atoms with Crippen LogP contribution in [0.2, 0.25) is 0 Å². The Labute approximate surface area is 144 Å². The van der Waals surface area contributed by atoms with Crippen molar-refractivity contribution in [1.29, 1.82) is 0 Å². The quantitative estimate of drug-likeness (QED) is 0.822. The smallest absolute Gasteiger partial charge is 0.158 e. The zero-order chi connectivity index (χ0) is 17.5. The normalized spacial score (nSPS) is 15.1. The average molecular weight is 323 g/mol. The van der Waals surface area contributed by atoms with Crippen LogP contribution in [0.5, 0.6) is 5.75 Å². The molecule has 3 heteroatoms. The van der Waals surface area contributed by atoms with Gasteiger partial charge in [-0.15, -0.1) is 0 Å². The molecule has 24 heavy (non-hydrogen) atoms. The van der Waals surface area contributed by atoms with Crippen LogP contribution >= 0.6 is 0 Å². The van der Waals surface area contributed by atoms with Crippen molar-refractivity contribution in [2.45, 2.75) is 26.2 Å². The molecular formula is C21H25NO2. The number of nitrogens with zero attached hydrogens (tertiary/aromatic N) is 1. The number of Topliss-reactive ketones (excluding diaryl/α,β-unsaturated/α-hetero) is 1. The van der Waals surface area contributed by atoms with Gasteiger partial charge in [0.25, 0.3) is 0 Å². The third-order valence-corrected chi connectivity index (χ3v) is 4.02. The van der Waals surface area contributed by atoms with Gasteiger partial charge in [0.05, 0.1) is 0 Å². The number of carbonyl (C=O) groups is 1. The van der Waals surface area contributed by atoms with Gasteiger partial charge in [-0.2, -0.15) is 0 Å². The number of rotatable bonds is 2. The van der Waals surface area contributed by atoms with E-state index >= 15 is 0 Å². The number of phenolic OH excluding ortho intramolecular Hbond substituents is 1. The largest absolute Gasteiger partial charge is 0.507 e. The van der Waals surface area contributed by atoms with Crippen LogP contribution < -0.4 is 4.90 Å². The molecule has 0 radical (unpaired) electrons. The van der Waals surface area contributed by atoms with Gasteiger partial charge in [0.1, 0.15) is 5.75 Å². The minimum absolute atomic E-state index is 0.216. The number of hydrogen-bond acceptors (Lipinski definition) is 3. The van der Waals surface area contributed by atoms with Crippen molar-refractivity contribution in [3.8, 4) is 5.75 Å². The molecule has 2 aromatic rings. The molecule has 126 valence electrons. The summed E-state index contributed by atoms with van der Waals surface area (Å²) in [5.74, 6) is 0.452. The number of aromatic hydroxyl groups is 1. The number of para-hydroxylation sites is 1. The second-order valence-corrected chi connectivity index (χ2v) is 6.24. The van der Waals surface area contributed by atoms with Crippen LogP contribution in [0.4, 0.5) is 5.69 Å². The van der Waals surface area contributed by atoms with Crippen molar-refractivity contribution in [3.05, 3.63) is 65.2 Å². The summed E-state index contributed by atoms with van der Waals surface area (Å²) in [7, 11) is 4.09. The monoisotopic (exact) mass is 323 g/mol. The predicted octanol–water partition coefficient (Wildman–Crippen LogP) is 4.59. The first-order valence-electron chi connectivity index (χ1n) is 8.23. The highest BCUT2D eigenvalue weighted by Crippen LogP contribution is 2.26. The molecule has 1 aliphatic carbocycles. The molecule has 0 saturated heterocycles. The Morgan fingerprint density at radius 1 is 1.00 bits per heavy atom. The van der Waals surface area contributed by atoms with Crippen molar-refractivity contribution in [2.24, 2.45) is 0 Å². The van der Waals surface area contributed by atoms with E-state index in [9.17, 15) is 9.90 Å². The van der Waals surface area contributed by atoms with Crippen LogP contribution in [-0.2, 0) is 4.79 Å². The van der Waals surface area contributed by atoms with Crippen LogP contribution in [0, 0.1) is 6.92 Å². The van der Waals surface area contributed by atoms with E-state index in [0.717, 1.165) is 24.0 Å². The highest BCUT2D eigenvalue weighted by atomic mass is 16.3. The summed E-state index contributed by atoms with van der Waals surface area (Å²) in [6.07, 6.45) is 4.23. The van der Waals surface area contributed by atoms with Gasteiger partial charge in [0.15, 0.2) is 5.78 Å². The molecule has 1 aliphatic rings. The lowest BCUT2D eigenvalue weighted by molar-refractivity contribution is -0.114. The lowest BCUT2D eigenvalue weighted by Crippen LogP contribution is -2.07. The number of hydrogen-bond donors (Lipinski definition) is 1. The van der Waals surface area contributed by atoms with Crippen LogP contribution in [0.25, 0.3) is 6.08 Å². The molecule has 2 aromatic carbocycles. The van der Waals surface area contributed by atoms with E-state index in [4.69, 9.17) is 0 Å². The van der Waals surface area contributed by atoms with Gasteiger partial charge in [-0.05, 0) is 49.6 Å². The van der Waals surface area contributed by atoms with Crippen LogP contribution in [0.15, 0.2) is 54.1 Å². The fraction of sp³-hybridized carbons (Fsp3) is 0.286. The van der Waals surface area contributed by atoms with Crippen LogP contribution in [-0.4, -0.2) is 25.0 Å². The molecule has 1 N–H and O–H groups in total. The summed E-state index contributed by atoms with van der Waals surface area (Å²) in [6.45, 7) is 2.10. The molecule has 0 bridgehead atoms. The zero-order valence-electron chi connectivity index (χ0n) is 14.6. The maximum atomic E-state index is 11.3. The Hall–Kier alpha value is -2.55. The lowest BCUT2D eigenvalue weighted by atomic mass is 10.1. The average Bonchev–Trinajstić information content (AvgIpc) is 2.96. The summed E-state index contributed by atoms with van der Waals surface area (Å²) in [5, 5.41) is 9.50. The van der Waals surface area contributed by atoms with Gasteiger partial charge in [-0.3, -0.25) is 4.79 Å². The highest BCUT2D eigenvalue weighted by Gasteiger charge is 2.16. The fourth-order valence-corrected chi connectivity index (χ4v) is 2.53. The molecule has 1 fully saturated rings. The second-order valence-electron chi connectivity index (χ2n) is 6.24. The maximum absolute atomic E-state index is 11.3. The fourth-order valence-electron chi connectivity index (χ4n) is 2.53. The minimum atomic E-state index is 0.216. The Balaban J connectivity index is 0.000000185. The summed E-state index contributed by atoms with van der Waals surface area (Å²) in [5.41, 5.74) is 4.14. The Morgan fingerprint density at radius 2 is 1.67 bits per heavy atom. The summed E-state index contributed by atoms with van der Waals surface area (Å²) >= 11 is 0. The van der Waals surface area contributed by atoms with E-state index < -0.39 is 0 Å². The predicted molar refractivity (Wildman–Crippen MR) is 100 cm³/mol. The number of ketones is 1. The van der Waals surface area contributed by atoms with E-state index in [1.807, 2.05) is 26.2 Å². The highest BCUT2D eigenvalue weighted by molar-refractivity contribution is 6.01. The second kappa shape index (κ2) is 8.34. The van der Waals surface area contributed by atoms with E-state index in [2.05, 4.69) is 36.1 Å². The van der Waals surface area contributed by atoms with E-state index in [0.29, 0.717) is 6.42 Å². The number of carbonyl (C=O) groups excluding carboxylic acids is 1. The Kier molecular flexibility index (Phi) is 6.19. The number of aryl methyl sites for hydroxylation is 1. The molecule has 0 aliphatic heterocycles. The van der Waals surface area contributed by atoms with Gasteiger partial charge in [0, 0.05) is 31.8 Å². The molecule has 1 saturated carbocycles. The van der Waals surface area contributed by atoms with Crippen molar-refractivity contribution >= 4 is 17.5 Å². The van der Waals surface area contributed by atoms with E-state index in [1.165, 1.54) is 11.3 Å². The summed E-state index contributed by atoms with van der Waals surface area (Å²) < 4.78 is 0. The van der Waals surface area contributed by atoms with E-state index in [-0.39, 0.29) is 11.5 Å². The first-order chi connectivity index (χ1) is 11.5. The first kappa shape index (κ1) is 17.8. The zero-order valence-corrected chi connectivity index (χ0v) is 14.6. The molecule has 3 nitrogen and oxygen atoms in total. The third kappa shape index (κ3) is 4.98. The van der Waals surface area contributed by atoms with Gasteiger partial charge >= 0.3 is 0 Å². The van der Waals surface area contributed by atoms with Crippen LogP contribution in [0.1, 0.15) is 30.4 Å². The molecule has 0 heterocycles. The van der Waals surface area contributed by atoms with Gasteiger partial charge in [-0.25, -0.2) is 0 Å². The Morgan fingerprint density at radius 3 is 2.21 bits per heavy atom. The maximum Gasteiger partial charge on any atom is 0.158 e. The van der Waals surface area contributed by atoms with Crippen molar-refractivity contribution in [1.82, 2.24) is 0 Å². The number of benzene rings is 2. The van der Waals surface area contributed by atoms with E-state index in [1.54, 1.807) is 18.2 Å². The topological polar surface area (TPSA) is 40.5 Å². The van der Waals surface area contributed by atoms with Crippen molar-refractivity contribution in [3.63, 3.8) is 0 Å². The number of phenols is 1. The first-order valence-corrected chi connectivity index (χ1v) is 8.23. The van der Waals surface area contributed by atoms with Gasteiger partial charge in [-0.1, -0.05) is 35.9 Å². The number of allylic oxidation sites excluding steroid dienone is 1. The molecular weight excluding hydrogens is 298 g/mol. The molecule has 0 atom stereocenters. The molecule has 0 spiro atoms. The molecule has 0 unspecified atom stereocenters. The lowest BCUT2D eigenvalue weighted by Gasteiger charge is -2.11. The molecule has 3 rings (SSSR count).